The normalized spacial score (nSPS) is 11.4. The number of nitrogens with zero attached hydrogens (tertiary/aromatic N) is 8. The summed E-state index contributed by atoms with van der Waals surface area (Å²) in [6.45, 7) is 14.8. The van der Waals surface area contributed by atoms with Gasteiger partial charge in [0, 0.05) is 28.3 Å². The molecule has 0 saturated heterocycles. The first-order chi connectivity index (χ1) is 33.1. The maximum Gasteiger partial charge on any atom is 0.335 e. The summed E-state index contributed by atoms with van der Waals surface area (Å²) in [6.07, 6.45) is 5.97. The van der Waals surface area contributed by atoms with Gasteiger partial charge in [-0.2, -0.15) is 19.9 Å². The summed E-state index contributed by atoms with van der Waals surface area (Å²) in [7, 11) is -6.36. The predicted octanol–water partition coefficient (Wildman–Crippen LogP) is 13.2. The van der Waals surface area contributed by atoms with Crippen molar-refractivity contribution in [3.8, 4) is 12.0 Å². The monoisotopic (exact) mass is 1250 g/mol. The van der Waals surface area contributed by atoms with Crippen molar-refractivity contribution in [2.45, 2.75) is 96.9 Å². The quantitative estimate of drug-likeness (QED) is 0.0248. The van der Waals surface area contributed by atoms with Gasteiger partial charge in [-0.3, -0.25) is 13.7 Å². The van der Waals surface area contributed by atoms with Crippen molar-refractivity contribution < 1.29 is 36.7 Å². The van der Waals surface area contributed by atoms with Crippen LogP contribution in [-0.4, -0.2) is 83.0 Å². The smallest absolute Gasteiger partial charge is 0.335 e. The van der Waals surface area contributed by atoms with E-state index in [1.54, 1.807) is 34.0 Å². The first-order valence-electron chi connectivity index (χ1n) is 22.0. The minimum absolute atomic E-state index is 0.207. The minimum atomic E-state index is -3.19. The number of benzene rings is 2. The zero-order chi connectivity index (χ0) is 51.0. The van der Waals surface area contributed by atoms with E-state index >= 15 is 0 Å². The van der Waals surface area contributed by atoms with Crippen LogP contribution in [0.4, 0.5) is 11.6 Å². The average molecular weight is 1250 g/mol. The second-order valence-corrected chi connectivity index (χ2v) is 21.3. The van der Waals surface area contributed by atoms with Crippen molar-refractivity contribution in [1.82, 2.24) is 39.0 Å². The molecule has 0 radical (unpaired) electrons. The third-order valence-electron chi connectivity index (χ3n) is 9.21. The largest absolute Gasteiger partial charge is 0.463 e. The van der Waals surface area contributed by atoms with E-state index in [0.717, 1.165) is 47.9 Å². The van der Waals surface area contributed by atoms with Crippen LogP contribution in [-0.2, 0) is 52.6 Å². The Hall–Kier alpha value is -2.65. The van der Waals surface area contributed by atoms with Crippen LogP contribution >= 0.6 is 94.2 Å². The van der Waals surface area contributed by atoms with Gasteiger partial charge >= 0.3 is 27.2 Å². The second-order valence-electron chi connectivity index (χ2n) is 14.5. The van der Waals surface area contributed by atoms with Gasteiger partial charge < -0.3 is 43.6 Å². The molecule has 0 saturated carbocycles. The lowest BCUT2D eigenvalue weighted by atomic mass is 10.1. The molecule has 0 bridgehead atoms. The number of hydrogen-bond acceptors (Lipinski definition) is 16. The lowest BCUT2D eigenvalue weighted by Crippen LogP contribution is -2.06. The number of imidazole rings is 2. The van der Waals surface area contributed by atoms with Gasteiger partial charge in [0.2, 0.25) is 0 Å². The Morgan fingerprint density at radius 2 is 1.04 bits per heavy atom. The number of unbranched alkanes of at least 4 members (excludes halogenated alkanes) is 2. The van der Waals surface area contributed by atoms with Gasteiger partial charge in [-0.1, -0.05) is 110 Å². The molecular formula is C43H60Br3Cl3N10O8P2. The molecule has 0 fully saturated rings. The predicted molar refractivity (Wildman–Crippen MR) is 287 cm³/mol. The Kier molecular flexibility index (Phi) is 27.9. The number of rotatable bonds is 24. The zero-order valence-corrected chi connectivity index (χ0v) is 48.1. The highest BCUT2D eigenvalue weighted by Gasteiger charge is 2.26. The highest BCUT2D eigenvalue weighted by atomic mass is 80.9. The van der Waals surface area contributed by atoms with Crippen LogP contribution in [0.15, 0.2) is 59.6 Å². The molecule has 69 heavy (non-hydrogen) atoms. The van der Waals surface area contributed by atoms with Crippen LogP contribution in [0.2, 0.25) is 0 Å². The average Bonchev–Trinajstić information content (AvgIpc) is 3.84. The number of alkyl halides is 3. The minimum Gasteiger partial charge on any atom is -0.463 e. The van der Waals surface area contributed by atoms with E-state index < -0.39 is 19.5 Å². The lowest BCUT2D eigenvalue weighted by Gasteiger charge is -2.17. The Labute approximate surface area is 442 Å². The molecule has 6 rings (SSSR count). The number of anilines is 2. The molecule has 4 aromatic heterocycles. The van der Waals surface area contributed by atoms with E-state index in [1.807, 2.05) is 57.7 Å². The third-order valence-corrected chi connectivity index (χ3v) is 13.9. The summed E-state index contributed by atoms with van der Waals surface area (Å²) in [6, 6.07) is 16.1. The molecule has 0 aliphatic heterocycles. The van der Waals surface area contributed by atoms with Crippen LogP contribution in [0.5, 0.6) is 12.0 Å². The molecule has 18 nitrogen and oxygen atoms in total. The lowest BCUT2D eigenvalue weighted by molar-refractivity contribution is 0.218. The van der Waals surface area contributed by atoms with Crippen LogP contribution in [0.25, 0.3) is 22.3 Å². The summed E-state index contributed by atoms with van der Waals surface area (Å²) in [5, 5.41) is 0. The highest BCUT2D eigenvalue weighted by molar-refractivity contribution is 9.93. The van der Waals surface area contributed by atoms with Gasteiger partial charge in [0.25, 0.3) is 0 Å². The van der Waals surface area contributed by atoms with Crippen LogP contribution < -0.4 is 20.9 Å². The van der Waals surface area contributed by atoms with Gasteiger partial charge in [0.1, 0.15) is 0 Å². The Bertz CT molecular complexity index is 2560. The van der Waals surface area contributed by atoms with Crippen molar-refractivity contribution in [2.24, 2.45) is 0 Å². The first-order valence-corrected chi connectivity index (χ1v) is 31.3. The fourth-order valence-electron chi connectivity index (χ4n) is 6.44. The highest BCUT2D eigenvalue weighted by Crippen LogP contribution is 2.52. The summed E-state index contributed by atoms with van der Waals surface area (Å²) < 4.78 is 62.4. The number of nitrogens with two attached hydrogens (primary N) is 2. The Balaban J connectivity index is 0.000000328. The fourth-order valence-corrected chi connectivity index (χ4v) is 10.3. The summed E-state index contributed by atoms with van der Waals surface area (Å²) in [5.74, 6) is 0.558. The Morgan fingerprint density at radius 3 is 1.49 bits per heavy atom. The van der Waals surface area contributed by atoms with Gasteiger partial charge in [-0.25, -0.2) is 9.97 Å². The van der Waals surface area contributed by atoms with E-state index in [-0.39, 0.29) is 30.2 Å². The number of hydrogen-bond donors (Lipinski definition) is 2. The second kappa shape index (κ2) is 31.7. The molecular weight excluding hydrogens is 1190 g/mol. The van der Waals surface area contributed by atoms with Gasteiger partial charge in [-0.05, 0) is 78.7 Å². The van der Waals surface area contributed by atoms with Crippen LogP contribution in [0, 0.1) is 0 Å². The van der Waals surface area contributed by atoms with Crippen LogP contribution in [0.1, 0.15) is 89.5 Å². The maximum atomic E-state index is 12.9. The number of ether oxygens (including phenoxy) is 2. The zero-order valence-electron chi connectivity index (χ0n) is 39.3. The molecule has 2 aromatic carbocycles. The van der Waals surface area contributed by atoms with Gasteiger partial charge in [-0.15, -0.1) is 0 Å². The summed E-state index contributed by atoms with van der Waals surface area (Å²) >= 11 is 23.4. The molecule has 382 valence electrons. The van der Waals surface area contributed by atoms with E-state index in [4.69, 9.17) is 73.8 Å². The van der Waals surface area contributed by atoms with Gasteiger partial charge in [0.05, 0.1) is 71.4 Å². The molecule has 0 aliphatic rings. The summed E-state index contributed by atoms with van der Waals surface area (Å²) in [4.78, 5) is 26.3. The molecule has 6 aromatic rings. The van der Waals surface area contributed by atoms with E-state index in [1.165, 1.54) is 0 Å². The maximum absolute atomic E-state index is 12.9. The number of aromatic nitrogens is 8. The molecule has 0 unspecified atom stereocenters. The molecule has 0 amide bonds. The SMILES string of the molecule is BrBr.CCCCOc1nc(N)c2nc(Br)n(Cc3cccc(CP(=O)(OCC)OCC)c3)c2n1.CCCCOc1nc(N)c2ncn(Cc3cccc(CP(=O)(OCC)OCC)c3)c2n1.ClC(Cl)Cl. The fraction of sp³-hybridized carbons (Fsp3) is 0.488. The first kappa shape index (κ1) is 60.7. The molecule has 4 N–H and O–H groups in total. The van der Waals surface area contributed by atoms with Crippen molar-refractivity contribution in [2.75, 3.05) is 51.1 Å². The molecule has 0 aliphatic carbocycles. The van der Waals surface area contributed by atoms with Crippen molar-refractivity contribution >= 4 is 128 Å². The van der Waals surface area contributed by atoms with Crippen molar-refractivity contribution in [3.05, 3.63) is 81.8 Å². The Morgan fingerprint density at radius 1 is 0.623 bits per heavy atom. The molecule has 4 heterocycles. The van der Waals surface area contributed by atoms with Crippen LogP contribution in [0.3, 0.4) is 0 Å². The van der Waals surface area contributed by atoms with Crippen molar-refractivity contribution in [3.63, 3.8) is 0 Å². The molecule has 0 atom stereocenters. The van der Waals surface area contributed by atoms with Crippen molar-refractivity contribution in [1.29, 1.82) is 0 Å². The summed E-state index contributed by atoms with van der Waals surface area (Å²) in [5.41, 5.74) is 18.1. The number of nitrogen functional groups attached to an aromatic ring is 2. The molecule has 26 heteroatoms. The van der Waals surface area contributed by atoms with Gasteiger partial charge in [0.15, 0.2) is 43.0 Å². The van der Waals surface area contributed by atoms with E-state index in [9.17, 15) is 9.13 Å². The standard InChI is InChI=1S/C21H29BrN5O4P.C21H30N5O4P.CHCl3.Br2/c1-4-7-11-29-21-25-18(23)17-19(26-21)27(20(22)24-17)13-15-9-8-10-16(12-15)14-32(28,30-5-2)31-6-3;1-4-7-11-28-21-24-19(22)18-20(25-21)26(15-23-18)13-16-9-8-10-17(12-16)14-31(27,29-5-2)30-6-3;2-1(3)4;1-2/h8-10,12H,4-7,11,13-14H2,1-3H3,(H2,23,25,26);8-10,12,15H,4-7,11,13-14H2,1-3H3,(H2,22,24,25);1H;. The number of fused-ring (bicyclic) bond motifs is 2. The molecule has 0 spiro atoms. The van der Waals surface area contributed by atoms with E-state index in [0.29, 0.717) is 85.6 Å². The number of halogens is 6. The topological polar surface area (TPSA) is 229 Å². The van der Waals surface area contributed by atoms with E-state index in [2.05, 4.69) is 87.9 Å². The third kappa shape index (κ3) is 20.1.